The van der Waals surface area contributed by atoms with E-state index in [-0.39, 0.29) is 17.9 Å². The second-order valence-electron chi connectivity index (χ2n) is 4.84. The first-order valence-electron chi connectivity index (χ1n) is 6.59. The second-order valence-corrected chi connectivity index (χ2v) is 4.84. The Balaban J connectivity index is 2.00. The smallest absolute Gasteiger partial charge is 0.328 e. The van der Waals surface area contributed by atoms with Crippen LogP contribution < -0.4 is 5.32 Å². The minimum atomic E-state index is -0.722. The molecular weight excluding hydrogens is 262 g/mol. The average molecular weight is 281 g/mol. The van der Waals surface area contributed by atoms with Crippen LogP contribution in [0, 0.1) is 5.92 Å². The topological polar surface area (TPSA) is 93.3 Å². The Labute approximate surface area is 117 Å². The quantitative estimate of drug-likeness (QED) is 0.743. The summed E-state index contributed by atoms with van der Waals surface area (Å²) in [5, 5.41) is 2.74. The van der Waals surface area contributed by atoms with E-state index in [1.165, 1.54) is 13.4 Å². The highest BCUT2D eigenvalue weighted by Gasteiger charge is 2.33. The molecular formula is C13H19N3O4. The van der Waals surface area contributed by atoms with Gasteiger partial charge in [0.15, 0.2) is 0 Å². The zero-order valence-electron chi connectivity index (χ0n) is 11.6. The van der Waals surface area contributed by atoms with Gasteiger partial charge in [0, 0.05) is 24.9 Å². The summed E-state index contributed by atoms with van der Waals surface area (Å²) < 4.78 is 10.1. The van der Waals surface area contributed by atoms with E-state index < -0.39 is 12.0 Å². The molecule has 1 amide bonds. The van der Waals surface area contributed by atoms with Crippen LogP contribution in [0.1, 0.15) is 19.0 Å². The van der Waals surface area contributed by atoms with Gasteiger partial charge in [-0.2, -0.15) is 0 Å². The molecule has 0 spiro atoms. The van der Waals surface area contributed by atoms with E-state index in [0.29, 0.717) is 19.4 Å². The molecule has 110 valence electrons. The van der Waals surface area contributed by atoms with Gasteiger partial charge in [-0.05, 0) is 13.3 Å². The van der Waals surface area contributed by atoms with Gasteiger partial charge in [0.25, 0.3) is 0 Å². The van der Waals surface area contributed by atoms with Crippen molar-refractivity contribution in [2.75, 3.05) is 13.7 Å². The monoisotopic (exact) mass is 281 g/mol. The third-order valence-electron chi connectivity index (χ3n) is 3.49. The van der Waals surface area contributed by atoms with E-state index in [0.717, 1.165) is 5.69 Å². The fraction of sp³-hybridized carbons (Fsp3) is 0.615. The lowest BCUT2D eigenvalue weighted by Crippen LogP contribution is -2.46. The molecule has 0 saturated carbocycles. The summed E-state index contributed by atoms with van der Waals surface area (Å²) in [6, 6.07) is -0.722. The van der Waals surface area contributed by atoms with E-state index in [1.54, 1.807) is 6.20 Å². The number of esters is 1. The molecule has 3 atom stereocenters. The number of hydrogen-bond donors (Lipinski definition) is 2. The fourth-order valence-electron chi connectivity index (χ4n) is 2.31. The molecule has 0 aromatic carbocycles. The van der Waals surface area contributed by atoms with Crippen molar-refractivity contribution >= 4 is 11.9 Å². The van der Waals surface area contributed by atoms with Gasteiger partial charge in [-0.15, -0.1) is 0 Å². The first kappa shape index (κ1) is 14.5. The standard InChI is InChI=1S/C13H19N3O4/c1-8-10(3-4-20-8)12(17)16-11(13(18)19-2)5-9-6-14-7-15-9/h6-8,10-11H,3-5H2,1-2H3,(H,14,15)(H,16,17)/t8?,10?,11-/m0/s1. The van der Waals surface area contributed by atoms with Crippen LogP contribution >= 0.6 is 0 Å². The highest BCUT2D eigenvalue weighted by molar-refractivity contribution is 5.86. The van der Waals surface area contributed by atoms with Crippen molar-refractivity contribution in [3.05, 3.63) is 18.2 Å². The first-order valence-corrected chi connectivity index (χ1v) is 6.59. The minimum Gasteiger partial charge on any atom is -0.467 e. The summed E-state index contributed by atoms with van der Waals surface area (Å²) in [7, 11) is 1.30. The predicted molar refractivity (Wildman–Crippen MR) is 69.8 cm³/mol. The van der Waals surface area contributed by atoms with Crippen LogP contribution in [0.4, 0.5) is 0 Å². The van der Waals surface area contributed by atoms with E-state index in [9.17, 15) is 9.59 Å². The molecule has 1 aliphatic rings. The van der Waals surface area contributed by atoms with Gasteiger partial charge in [-0.1, -0.05) is 0 Å². The maximum Gasteiger partial charge on any atom is 0.328 e. The van der Waals surface area contributed by atoms with Gasteiger partial charge in [0.1, 0.15) is 6.04 Å². The van der Waals surface area contributed by atoms with Gasteiger partial charge in [-0.3, -0.25) is 4.79 Å². The number of amides is 1. The molecule has 7 nitrogen and oxygen atoms in total. The van der Waals surface area contributed by atoms with E-state index in [4.69, 9.17) is 9.47 Å². The van der Waals surface area contributed by atoms with Crippen molar-refractivity contribution in [3.8, 4) is 0 Å². The number of H-pyrrole nitrogens is 1. The number of aromatic amines is 1. The molecule has 0 radical (unpaired) electrons. The van der Waals surface area contributed by atoms with E-state index in [2.05, 4.69) is 15.3 Å². The maximum atomic E-state index is 12.2. The molecule has 2 unspecified atom stereocenters. The largest absolute Gasteiger partial charge is 0.467 e. The Bertz CT molecular complexity index is 460. The van der Waals surface area contributed by atoms with Gasteiger partial charge < -0.3 is 19.8 Å². The third-order valence-corrected chi connectivity index (χ3v) is 3.49. The number of hydrogen-bond acceptors (Lipinski definition) is 5. The summed E-state index contributed by atoms with van der Waals surface area (Å²) in [4.78, 5) is 30.7. The maximum absolute atomic E-state index is 12.2. The Morgan fingerprint density at radius 3 is 3.00 bits per heavy atom. The molecule has 2 rings (SSSR count). The molecule has 1 saturated heterocycles. The predicted octanol–water partition coefficient (Wildman–Crippen LogP) is 0.0350. The lowest BCUT2D eigenvalue weighted by atomic mass is 10.0. The van der Waals surface area contributed by atoms with Gasteiger partial charge in [0.2, 0.25) is 5.91 Å². The number of nitrogens with one attached hydrogen (secondary N) is 2. The van der Waals surface area contributed by atoms with Crippen LogP contribution in [0.25, 0.3) is 0 Å². The zero-order valence-corrected chi connectivity index (χ0v) is 11.6. The number of nitrogens with zero attached hydrogens (tertiary/aromatic N) is 1. The van der Waals surface area contributed by atoms with Crippen LogP contribution in [-0.2, 0) is 25.5 Å². The lowest BCUT2D eigenvalue weighted by molar-refractivity contribution is -0.145. The van der Waals surface area contributed by atoms with Gasteiger partial charge in [0.05, 0.1) is 25.5 Å². The summed E-state index contributed by atoms with van der Waals surface area (Å²) in [6.45, 7) is 2.43. The minimum absolute atomic E-state index is 0.125. The summed E-state index contributed by atoms with van der Waals surface area (Å²) >= 11 is 0. The number of aromatic nitrogens is 2. The van der Waals surface area contributed by atoms with Crippen molar-refractivity contribution in [3.63, 3.8) is 0 Å². The molecule has 2 heterocycles. The molecule has 1 fully saturated rings. The van der Waals surface area contributed by atoms with Crippen molar-refractivity contribution in [2.24, 2.45) is 5.92 Å². The van der Waals surface area contributed by atoms with E-state index >= 15 is 0 Å². The molecule has 1 aromatic rings. The summed E-state index contributed by atoms with van der Waals surface area (Å²) in [5.41, 5.74) is 0.761. The number of carbonyl (C=O) groups is 2. The van der Waals surface area contributed by atoms with Crippen molar-refractivity contribution in [1.29, 1.82) is 0 Å². The van der Waals surface area contributed by atoms with Crippen molar-refractivity contribution < 1.29 is 19.1 Å². The fourth-order valence-corrected chi connectivity index (χ4v) is 2.31. The Morgan fingerprint density at radius 2 is 2.45 bits per heavy atom. The summed E-state index contributed by atoms with van der Waals surface area (Å²) in [6.07, 6.45) is 4.01. The van der Waals surface area contributed by atoms with Crippen molar-refractivity contribution in [1.82, 2.24) is 15.3 Å². The van der Waals surface area contributed by atoms with Crippen LogP contribution in [0.2, 0.25) is 0 Å². The number of ether oxygens (including phenoxy) is 2. The second kappa shape index (κ2) is 6.51. The zero-order chi connectivity index (χ0) is 14.5. The lowest BCUT2D eigenvalue weighted by Gasteiger charge is -2.19. The van der Waals surface area contributed by atoms with Crippen LogP contribution in [-0.4, -0.2) is 47.7 Å². The van der Waals surface area contributed by atoms with Gasteiger partial charge >= 0.3 is 5.97 Å². The third kappa shape index (κ3) is 3.36. The van der Waals surface area contributed by atoms with Gasteiger partial charge in [-0.25, -0.2) is 9.78 Å². The molecule has 1 aliphatic heterocycles. The number of methoxy groups -OCH3 is 1. The number of imidazole rings is 1. The molecule has 1 aromatic heterocycles. The molecule has 0 bridgehead atoms. The van der Waals surface area contributed by atoms with Crippen molar-refractivity contribution in [2.45, 2.75) is 31.9 Å². The Hall–Kier alpha value is -1.89. The summed E-state index contributed by atoms with van der Waals surface area (Å²) in [5.74, 6) is -0.867. The van der Waals surface area contributed by atoms with E-state index in [1.807, 2.05) is 6.92 Å². The Kier molecular flexibility index (Phi) is 4.73. The van der Waals surface area contributed by atoms with Crippen LogP contribution in [0.3, 0.4) is 0 Å². The molecule has 0 aliphatic carbocycles. The molecule has 2 N–H and O–H groups in total. The number of rotatable bonds is 5. The number of carbonyl (C=O) groups excluding carboxylic acids is 2. The van der Waals surface area contributed by atoms with Crippen LogP contribution in [0.15, 0.2) is 12.5 Å². The highest BCUT2D eigenvalue weighted by atomic mass is 16.5. The molecule has 20 heavy (non-hydrogen) atoms. The SMILES string of the molecule is COC(=O)[C@H](Cc1cnc[nH]1)NC(=O)C1CCOC1C. The molecule has 7 heteroatoms. The average Bonchev–Trinajstić information content (AvgIpc) is 3.08. The Morgan fingerprint density at radius 1 is 1.65 bits per heavy atom. The first-order chi connectivity index (χ1) is 9.61. The van der Waals surface area contributed by atoms with Crippen LogP contribution in [0.5, 0.6) is 0 Å². The highest BCUT2D eigenvalue weighted by Crippen LogP contribution is 2.20. The normalized spacial score (nSPS) is 23.3.